The number of hydrogen-bond donors (Lipinski definition) is 0. The molecule has 0 unspecified atom stereocenters. The lowest BCUT2D eigenvalue weighted by Crippen LogP contribution is -1.97. The zero-order valence-electron chi connectivity index (χ0n) is 17.4. The molecule has 0 saturated heterocycles. The average Bonchev–Trinajstić information content (AvgIpc) is 3.50. The van der Waals surface area contributed by atoms with Gasteiger partial charge in [-0.3, -0.25) is 4.57 Å². The van der Waals surface area contributed by atoms with Crippen LogP contribution in [-0.2, 0) is 0 Å². The van der Waals surface area contributed by atoms with Gasteiger partial charge in [-0.05, 0) is 36.4 Å². The molecule has 0 saturated carbocycles. The van der Waals surface area contributed by atoms with Crippen molar-refractivity contribution in [3.8, 4) is 17.1 Å². The van der Waals surface area contributed by atoms with Crippen molar-refractivity contribution in [2.24, 2.45) is 0 Å². The molecule has 4 heteroatoms. The molecule has 4 aromatic carbocycles. The van der Waals surface area contributed by atoms with Gasteiger partial charge >= 0.3 is 0 Å². The summed E-state index contributed by atoms with van der Waals surface area (Å²) in [6.07, 6.45) is 1.72. The number of rotatable bonds is 2. The van der Waals surface area contributed by atoms with Crippen LogP contribution < -0.4 is 0 Å². The maximum absolute atomic E-state index is 7.89. The highest BCUT2D eigenvalue weighted by Gasteiger charge is 2.19. The van der Waals surface area contributed by atoms with Gasteiger partial charge < -0.3 is 8.83 Å². The highest BCUT2D eigenvalue weighted by atomic mass is 16.3. The lowest BCUT2D eigenvalue weighted by atomic mass is 10.1. The maximum Gasteiger partial charge on any atom is 0.149 e. The van der Waals surface area contributed by atoms with Crippen LogP contribution in [0.5, 0.6) is 0 Å². The summed E-state index contributed by atoms with van der Waals surface area (Å²) in [4.78, 5) is 4.95. The fourth-order valence-corrected chi connectivity index (χ4v) is 4.42. The highest BCUT2D eigenvalue weighted by Crippen LogP contribution is 2.36. The van der Waals surface area contributed by atoms with Gasteiger partial charge in [0.25, 0.3) is 0 Å². The van der Waals surface area contributed by atoms with E-state index < -0.39 is 0 Å². The van der Waals surface area contributed by atoms with Gasteiger partial charge in [0, 0.05) is 22.2 Å². The second-order valence-corrected chi connectivity index (χ2v) is 7.61. The van der Waals surface area contributed by atoms with Crippen LogP contribution in [0.4, 0.5) is 0 Å². The van der Waals surface area contributed by atoms with E-state index in [0.717, 1.165) is 55.4 Å². The van der Waals surface area contributed by atoms with Crippen molar-refractivity contribution in [2.45, 2.75) is 0 Å². The third-order valence-corrected chi connectivity index (χ3v) is 5.84. The highest BCUT2D eigenvalue weighted by molar-refractivity contribution is 6.05. The zero-order chi connectivity index (χ0) is 21.2. The quantitative estimate of drug-likeness (QED) is 0.304. The number of nitrogens with zero attached hydrogens (tertiary/aromatic N) is 2. The van der Waals surface area contributed by atoms with Crippen LogP contribution in [0.1, 0.15) is 1.37 Å². The number of hydrogen-bond acceptors (Lipinski definition) is 3. The molecule has 3 aromatic heterocycles. The van der Waals surface area contributed by atoms with Gasteiger partial charge in [-0.15, -0.1) is 0 Å². The monoisotopic (exact) mass is 401 g/mol. The molecule has 7 aromatic rings. The smallest absolute Gasteiger partial charge is 0.149 e. The lowest BCUT2D eigenvalue weighted by Gasteiger charge is -2.09. The third-order valence-electron chi connectivity index (χ3n) is 5.84. The summed E-state index contributed by atoms with van der Waals surface area (Å²) >= 11 is 0. The molecule has 3 heterocycles. The molecule has 0 aliphatic carbocycles. The third kappa shape index (κ3) is 2.33. The molecule has 0 bridgehead atoms. The van der Waals surface area contributed by atoms with Crippen molar-refractivity contribution in [1.82, 2.24) is 9.55 Å². The molecule has 0 N–H and O–H groups in total. The lowest BCUT2D eigenvalue weighted by molar-refractivity contribution is 0.616. The van der Waals surface area contributed by atoms with Crippen LogP contribution in [0, 0.1) is 0 Å². The Kier molecular flexibility index (Phi) is 3.05. The van der Waals surface area contributed by atoms with E-state index in [1.165, 1.54) is 0 Å². The van der Waals surface area contributed by atoms with Crippen molar-refractivity contribution in [3.05, 3.63) is 97.2 Å². The molecule has 31 heavy (non-hydrogen) atoms. The minimum absolute atomic E-state index is 0.419. The van der Waals surface area contributed by atoms with Crippen molar-refractivity contribution in [1.29, 1.82) is 0 Å². The first kappa shape index (κ1) is 15.5. The standard InChI is InChI=1S/C27H16N2O2/c1-5-11-24-19(8-1)21(16-30-24)27-28-22-9-3-4-10-23(22)29(27)17-13-14-20-18-7-2-6-12-25(18)31-26(20)15-17/h1-16H/i5D. The Labute approximate surface area is 178 Å². The molecule has 7 rings (SSSR count). The molecular weight excluding hydrogens is 384 g/mol. The van der Waals surface area contributed by atoms with E-state index in [-0.39, 0.29) is 0 Å². The Bertz CT molecular complexity index is 1810. The Hall–Kier alpha value is -4.31. The van der Waals surface area contributed by atoms with E-state index in [1.54, 1.807) is 18.4 Å². The van der Waals surface area contributed by atoms with Crippen LogP contribution in [-0.4, -0.2) is 9.55 Å². The minimum Gasteiger partial charge on any atom is -0.464 e. The first-order valence-corrected chi connectivity index (χ1v) is 10.1. The van der Waals surface area contributed by atoms with Gasteiger partial charge in [-0.2, -0.15) is 0 Å². The summed E-state index contributed by atoms with van der Waals surface area (Å²) in [7, 11) is 0. The number of furan rings is 2. The summed E-state index contributed by atoms with van der Waals surface area (Å²) in [6, 6.07) is 28.3. The van der Waals surface area contributed by atoms with Gasteiger partial charge in [0.2, 0.25) is 0 Å². The summed E-state index contributed by atoms with van der Waals surface area (Å²) in [5.41, 5.74) is 6.15. The Morgan fingerprint density at radius 3 is 2.58 bits per heavy atom. The number of imidazole rings is 1. The van der Waals surface area contributed by atoms with Gasteiger partial charge in [0.05, 0.1) is 23.7 Å². The van der Waals surface area contributed by atoms with Crippen molar-refractivity contribution >= 4 is 43.9 Å². The number of benzene rings is 4. The SMILES string of the molecule is [2H]c1ccc2c(-c3nc4ccccc4n3-c3ccc4c(c3)oc3ccccc34)coc2c1. The van der Waals surface area contributed by atoms with E-state index >= 15 is 0 Å². The van der Waals surface area contributed by atoms with Crippen LogP contribution in [0.15, 0.2) is 106 Å². The topological polar surface area (TPSA) is 44.1 Å². The number of para-hydroxylation sites is 4. The van der Waals surface area contributed by atoms with Crippen molar-refractivity contribution < 1.29 is 10.2 Å². The van der Waals surface area contributed by atoms with Gasteiger partial charge in [0.15, 0.2) is 0 Å². The molecular formula is C27H16N2O2. The van der Waals surface area contributed by atoms with E-state index in [2.05, 4.69) is 34.9 Å². The van der Waals surface area contributed by atoms with Crippen LogP contribution in [0.2, 0.25) is 0 Å². The summed E-state index contributed by atoms with van der Waals surface area (Å²) in [6.45, 7) is 0. The molecule has 0 amide bonds. The molecule has 0 aliphatic rings. The fourth-order valence-electron chi connectivity index (χ4n) is 4.42. The zero-order valence-corrected chi connectivity index (χ0v) is 16.4. The molecule has 0 spiro atoms. The summed E-state index contributed by atoms with van der Waals surface area (Å²) in [5.74, 6) is 0.790. The number of aromatic nitrogens is 2. The second-order valence-electron chi connectivity index (χ2n) is 7.61. The van der Waals surface area contributed by atoms with Crippen molar-refractivity contribution in [2.75, 3.05) is 0 Å². The summed E-state index contributed by atoms with van der Waals surface area (Å²) < 4.78 is 22.0. The van der Waals surface area contributed by atoms with Crippen LogP contribution in [0.25, 0.3) is 61.0 Å². The van der Waals surface area contributed by atoms with Gasteiger partial charge in [-0.25, -0.2) is 4.98 Å². The molecule has 0 aliphatic heterocycles. The Balaban J connectivity index is 1.54. The normalized spacial score (nSPS) is 12.3. The Morgan fingerprint density at radius 2 is 1.58 bits per heavy atom. The largest absolute Gasteiger partial charge is 0.464 e. The molecule has 0 fully saturated rings. The number of fused-ring (bicyclic) bond motifs is 5. The fraction of sp³-hybridized carbons (Fsp3) is 0. The molecule has 146 valence electrons. The predicted molar refractivity (Wildman–Crippen MR) is 124 cm³/mol. The first-order chi connectivity index (χ1) is 15.8. The van der Waals surface area contributed by atoms with Gasteiger partial charge in [0.1, 0.15) is 28.8 Å². The molecule has 0 radical (unpaired) electrons. The molecule has 0 atom stereocenters. The first-order valence-electron chi connectivity index (χ1n) is 10.6. The Morgan fingerprint density at radius 1 is 0.742 bits per heavy atom. The van der Waals surface area contributed by atoms with Gasteiger partial charge in [-0.1, -0.05) is 48.5 Å². The van der Waals surface area contributed by atoms with E-state index in [1.807, 2.05) is 42.5 Å². The predicted octanol–water partition coefficient (Wildman–Crippen LogP) is 7.34. The minimum atomic E-state index is 0.419. The van der Waals surface area contributed by atoms with Crippen LogP contribution >= 0.6 is 0 Å². The van der Waals surface area contributed by atoms with Crippen LogP contribution in [0.3, 0.4) is 0 Å². The van der Waals surface area contributed by atoms with E-state index in [0.29, 0.717) is 11.6 Å². The molecule has 4 nitrogen and oxygen atoms in total. The maximum atomic E-state index is 7.89. The summed E-state index contributed by atoms with van der Waals surface area (Å²) in [5, 5.41) is 3.13. The van der Waals surface area contributed by atoms with E-state index in [4.69, 9.17) is 15.2 Å². The van der Waals surface area contributed by atoms with E-state index in [9.17, 15) is 0 Å². The average molecular weight is 401 g/mol. The second kappa shape index (κ2) is 6.09. The van der Waals surface area contributed by atoms with Crippen molar-refractivity contribution in [3.63, 3.8) is 0 Å².